The van der Waals surface area contributed by atoms with Gasteiger partial charge in [0.05, 0.1) is 25.8 Å². The molecule has 0 saturated heterocycles. The van der Waals surface area contributed by atoms with E-state index in [0.717, 1.165) is 28.6 Å². The van der Waals surface area contributed by atoms with Crippen LogP contribution in [-0.4, -0.2) is 62.2 Å². The zero-order valence-electron chi connectivity index (χ0n) is 20.6. The topological polar surface area (TPSA) is 105 Å². The summed E-state index contributed by atoms with van der Waals surface area (Å²) >= 11 is 0. The molecule has 0 spiro atoms. The Kier molecular flexibility index (Phi) is 8.16. The number of nitrogens with one attached hydrogen (secondary N) is 1. The normalized spacial score (nSPS) is 11.3. The van der Waals surface area contributed by atoms with Crippen molar-refractivity contribution in [2.24, 2.45) is 0 Å². The van der Waals surface area contributed by atoms with Crippen LogP contribution in [0.1, 0.15) is 5.56 Å². The number of benzene rings is 2. The fraction of sp³-hybridized carbons (Fsp3) is 0.185. The lowest BCUT2D eigenvalue weighted by Crippen LogP contribution is -2.22. The highest BCUT2D eigenvalue weighted by molar-refractivity contribution is 7.92. The number of likely N-dealkylation sites (N-methyl/N-ethyl adjacent to an activating group) is 1. The fourth-order valence-corrected chi connectivity index (χ4v) is 4.80. The first-order valence-electron chi connectivity index (χ1n) is 11.4. The second-order valence-electron chi connectivity index (χ2n) is 8.31. The standard InChI is InChI=1S/C27H24F2N4O4S/c1-33(12-13-34)11-3-4-18-9-10-30-24-7-5-19(14-22(18)24)20-15-25(27(37-2)31-17-20)32-38(35,36)26-8-6-21(28)16-23(26)29/h5-10,14-17,32,34H,11-13H2,1-2H3. The van der Waals surface area contributed by atoms with E-state index in [2.05, 4.69) is 26.5 Å². The molecule has 0 fully saturated rings. The van der Waals surface area contributed by atoms with Crippen LogP contribution in [0.5, 0.6) is 5.88 Å². The molecule has 196 valence electrons. The van der Waals surface area contributed by atoms with Gasteiger partial charge in [-0.25, -0.2) is 22.2 Å². The Balaban J connectivity index is 1.71. The lowest BCUT2D eigenvalue weighted by molar-refractivity contribution is 0.234. The summed E-state index contributed by atoms with van der Waals surface area (Å²) < 4.78 is 60.7. The van der Waals surface area contributed by atoms with Crippen molar-refractivity contribution in [3.05, 3.63) is 78.1 Å². The van der Waals surface area contributed by atoms with Crippen LogP contribution in [0.3, 0.4) is 0 Å². The largest absolute Gasteiger partial charge is 0.480 e. The van der Waals surface area contributed by atoms with E-state index < -0.39 is 26.6 Å². The van der Waals surface area contributed by atoms with Gasteiger partial charge in [-0.2, -0.15) is 0 Å². The number of ether oxygens (including phenoxy) is 1. The van der Waals surface area contributed by atoms with Gasteiger partial charge in [0, 0.05) is 41.5 Å². The summed E-state index contributed by atoms with van der Waals surface area (Å²) in [6.45, 7) is 1.04. The van der Waals surface area contributed by atoms with Crippen LogP contribution in [0, 0.1) is 23.5 Å². The van der Waals surface area contributed by atoms with Crippen molar-refractivity contribution in [2.45, 2.75) is 4.90 Å². The Morgan fingerprint density at radius 1 is 1.08 bits per heavy atom. The van der Waals surface area contributed by atoms with Crippen LogP contribution in [-0.2, 0) is 10.0 Å². The van der Waals surface area contributed by atoms with Gasteiger partial charge < -0.3 is 9.84 Å². The highest BCUT2D eigenvalue weighted by atomic mass is 32.2. The fourth-order valence-electron chi connectivity index (χ4n) is 3.69. The Labute approximate surface area is 219 Å². The number of methoxy groups -OCH3 is 1. The zero-order valence-corrected chi connectivity index (χ0v) is 21.4. The minimum atomic E-state index is -4.41. The highest BCUT2D eigenvalue weighted by Crippen LogP contribution is 2.32. The first kappa shape index (κ1) is 26.9. The van der Waals surface area contributed by atoms with E-state index in [9.17, 15) is 17.2 Å². The Morgan fingerprint density at radius 3 is 2.63 bits per heavy atom. The molecule has 0 atom stereocenters. The van der Waals surface area contributed by atoms with Gasteiger partial charge in [-0.1, -0.05) is 17.9 Å². The summed E-state index contributed by atoms with van der Waals surface area (Å²) in [6.07, 6.45) is 3.18. The first-order chi connectivity index (χ1) is 18.2. The maximum absolute atomic E-state index is 14.2. The van der Waals surface area contributed by atoms with Crippen molar-refractivity contribution in [1.82, 2.24) is 14.9 Å². The number of hydrogen-bond donors (Lipinski definition) is 2. The summed E-state index contributed by atoms with van der Waals surface area (Å²) in [7, 11) is -1.23. The van der Waals surface area contributed by atoms with Crippen LogP contribution in [0.2, 0.25) is 0 Å². The minimum absolute atomic E-state index is 0.0213. The minimum Gasteiger partial charge on any atom is -0.480 e. The third-order valence-corrected chi connectivity index (χ3v) is 7.00. The van der Waals surface area contributed by atoms with Crippen LogP contribution >= 0.6 is 0 Å². The average Bonchev–Trinajstić information content (AvgIpc) is 2.88. The lowest BCUT2D eigenvalue weighted by atomic mass is 10.0. The number of aliphatic hydroxyl groups excluding tert-OH is 1. The van der Waals surface area contributed by atoms with Gasteiger partial charge in [0.2, 0.25) is 5.88 Å². The predicted molar refractivity (Wildman–Crippen MR) is 140 cm³/mol. The van der Waals surface area contributed by atoms with Gasteiger partial charge >= 0.3 is 0 Å². The molecule has 38 heavy (non-hydrogen) atoms. The summed E-state index contributed by atoms with van der Waals surface area (Å²) in [5, 5.41) is 9.83. The second-order valence-corrected chi connectivity index (χ2v) is 9.97. The maximum atomic E-state index is 14.2. The third kappa shape index (κ3) is 6.06. The molecule has 0 aliphatic rings. The van der Waals surface area contributed by atoms with Crippen molar-refractivity contribution in [2.75, 3.05) is 38.6 Å². The van der Waals surface area contributed by atoms with E-state index in [-0.39, 0.29) is 18.2 Å². The Hall–Kier alpha value is -4.11. The number of nitrogens with zero attached hydrogens (tertiary/aromatic N) is 3. The van der Waals surface area contributed by atoms with E-state index in [4.69, 9.17) is 9.84 Å². The molecule has 2 heterocycles. The number of halogens is 2. The smallest absolute Gasteiger partial charge is 0.264 e. The molecule has 8 nitrogen and oxygen atoms in total. The van der Waals surface area contributed by atoms with Crippen molar-refractivity contribution in [3.63, 3.8) is 0 Å². The van der Waals surface area contributed by atoms with E-state index in [1.165, 1.54) is 19.4 Å². The van der Waals surface area contributed by atoms with Crippen LogP contribution < -0.4 is 9.46 Å². The summed E-state index contributed by atoms with van der Waals surface area (Å²) in [6, 6.07) is 11.0. The first-order valence-corrected chi connectivity index (χ1v) is 12.9. The average molecular weight is 539 g/mol. The van der Waals surface area contributed by atoms with Gasteiger partial charge in [0.15, 0.2) is 0 Å². The van der Waals surface area contributed by atoms with E-state index >= 15 is 0 Å². The number of anilines is 1. The number of hydrogen-bond acceptors (Lipinski definition) is 7. The van der Waals surface area contributed by atoms with Crippen molar-refractivity contribution in [3.8, 4) is 28.8 Å². The molecule has 11 heteroatoms. The van der Waals surface area contributed by atoms with Crippen LogP contribution in [0.15, 0.2) is 65.8 Å². The number of aromatic nitrogens is 2. The quantitative estimate of drug-likeness (QED) is 0.330. The molecule has 0 bridgehead atoms. The van der Waals surface area contributed by atoms with Crippen molar-refractivity contribution >= 4 is 26.6 Å². The van der Waals surface area contributed by atoms with Crippen LogP contribution in [0.25, 0.3) is 22.0 Å². The van der Waals surface area contributed by atoms with Gasteiger partial charge in [0.25, 0.3) is 10.0 Å². The van der Waals surface area contributed by atoms with E-state index in [1.54, 1.807) is 12.3 Å². The molecule has 0 amide bonds. The lowest BCUT2D eigenvalue weighted by Gasteiger charge is -2.13. The SMILES string of the molecule is COc1ncc(-c2ccc3nccc(C#CCN(C)CCO)c3c2)cc1NS(=O)(=O)c1ccc(F)cc1F. The van der Waals surface area contributed by atoms with Crippen molar-refractivity contribution in [1.29, 1.82) is 0 Å². The monoisotopic (exact) mass is 538 g/mol. The van der Waals surface area contributed by atoms with Gasteiger partial charge in [-0.05, 0) is 49.0 Å². The van der Waals surface area contributed by atoms with E-state index in [1.807, 2.05) is 30.1 Å². The van der Waals surface area contributed by atoms with Gasteiger partial charge in [-0.15, -0.1) is 0 Å². The van der Waals surface area contributed by atoms with Crippen molar-refractivity contribution < 1.29 is 27.0 Å². The Bertz CT molecular complexity index is 1650. The number of sulfonamides is 1. The predicted octanol–water partition coefficient (Wildman–Crippen LogP) is 3.66. The summed E-state index contributed by atoms with van der Waals surface area (Å²) in [5.41, 5.74) is 2.71. The molecule has 2 N–H and O–H groups in total. The molecule has 0 saturated carbocycles. The zero-order chi connectivity index (χ0) is 27.3. The third-order valence-electron chi connectivity index (χ3n) is 5.60. The molecule has 2 aromatic carbocycles. The molecule has 0 aliphatic carbocycles. The molecule has 4 aromatic rings. The number of pyridine rings is 2. The van der Waals surface area contributed by atoms with Gasteiger partial charge in [0.1, 0.15) is 22.2 Å². The number of aliphatic hydroxyl groups is 1. The second kappa shape index (κ2) is 11.5. The molecular formula is C27H24F2N4O4S. The number of rotatable bonds is 8. The van der Waals surface area contributed by atoms with Gasteiger partial charge in [-0.3, -0.25) is 14.6 Å². The summed E-state index contributed by atoms with van der Waals surface area (Å²) in [5.74, 6) is 4.09. The molecule has 0 aliphatic heterocycles. The molecular weight excluding hydrogens is 514 g/mol. The van der Waals surface area contributed by atoms with Crippen LogP contribution in [0.4, 0.5) is 14.5 Å². The molecule has 2 aromatic heterocycles. The molecule has 0 radical (unpaired) electrons. The highest BCUT2D eigenvalue weighted by Gasteiger charge is 2.22. The molecule has 0 unspecified atom stereocenters. The summed E-state index contributed by atoms with van der Waals surface area (Å²) in [4.78, 5) is 9.78. The number of fused-ring (bicyclic) bond motifs is 1. The Morgan fingerprint density at radius 2 is 1.89 bits per heavy atom. The molecule has 4 rings (SSSR count). The van der Waals surface area contributed by atoms with E-state index in [0.29, 0.717) is 30.3 Å². The maximum Gasteiger partial charge on any atom is 0.264 e.